The van der Waals surface area contributed by atoms with Gasteiger partial charge in [0.2, 0.25) is 11.8 Å². The molecule has 0 unspecified atom stereocenters. The van der Waals surface area contributed by atoms with E-state index in [-0.39, 0.29) is 17.9 Å². The first-order valence-corrected chi connectivity index (χ1v) is 9.54. The number of aryl methyl sites for hydroxylation is 2. The van der Waals surface area contributed by atoms with Gasteiger partial charge in [-0.3, -0.25) is 14.5 Å². The van der Waals surface area contributed by atoms with Gasteiger partial charge < -0.3 is 11.1 Å². The standard InChI is InChI=1S/C20H29N3O2/c21-20(25)18-7-3-11-23(18)12-4-10-22-19(24)14-15-8-9-16-5-1-2-6-17(16)13-15/h8-9,13,18H,1-7,10-12,14H2,(H2,21,25)(H,22,24)/t18-/m0/s1. The lowest BCUT2D eigenvalue weighted by Crippen LogP contribution is -2.41. The van der Waals surface area contributed by atoms with Crippen LogP contribution in [-0.2, 0) is 28.9 Å². The van der Waals surface area contributed by atoms with Crippen molar-refractivity contribution in [2.45, 2.75) is 57.4 Å². The van der Waals surface area contributed by atoms with Gasteiger partial charge in [-0.05, 0) is 68.2 Å². The van der Waals surface area contributed by atoms with E-state index >= 15 is 0 Å². The summed E-state index contributed by atoms with van der Waals surface area (Å²) >= 11 is 0. The van der Waals surface area contributed by atoms with E-state index in [2.05, 4.69) is 28.4 Å². The van der Waals surface area contributed by atoms with Crippen LogP contribution in [0.2, 0.25) is 0 Å². The van der Waals surface area contributed by atoms with Crippen LogP contribution in [0.3, 0.4) is 0 Å². The van der Waals surface area contributed by atoms with E-state index in [0.29, 0.717) is 13.0 Å². The Morgan fingerprint density at radius 2 is 1.96 bits per heavy atom. The molecule has 3 N–H and O–H groups in total. The van der Waals surface area contributed by atoms with Crippen molar-refractivity contribution in [2.24, 2.45) is 5.73 Å². The molecule has 1 aliphatic carbocycles. The first-order valence-electron chi connectivity index (χ1n) is 9.54. The highest BCUT2D eigenvalue weighted by molar-refractivity contribution is 5.80. The Kier molecular flexibility index (Phi) is 6.08. The number of carbonyl (C=O) groups is 2. The molecular weight excluding hydrogens is 314 g/mol. The lowest BCUT2D eigenvalue weighted by atomic mass is 9.90. The van der Waals surface area contributed by atoms with Crippen LogP contribution >= 0.6 is 0 Å². The van der Waals surface area contributed by atoms with Crippen molar-refractivity contribution in [1.82, 2.24) is 10.2 Å². The second kappa shape index (κ2) is 8.48. The molecule has 2 amide bonds. The number of likely N-dealkylation sites (tertiary alicyclic amines) is 1. The lowest BCUT2D eigenvalue weighted by Gasteiger charge is -2.21. The Bertz CT molecular complexity index is 629. The highest BCUT2D eigenvalue weighted by Crippen LogP contribution is 2.22. The summed E-state index contributed by atoms with van der Waals surface area (Å²) in [5, 5.41) is 3.00. The molecule has 2 aliphatic rings. The summed E-state index contributed by atoms with van der Waals surface area (Å²) in [5.74, 6) is -0.155. The maximum atomic E-state index is 12.2. The normalized spacial score (nSPS) is 20.2. The third-order valence-corrected chi connectivity index (χ3v) is 5.41. The van der Waals surface area contributed by atoms with Crippen molar-refractivity contribution >= 4 is 11.8 Å². The molecule has 1 heterocycles. The Hall–Kier alpha value is -1.88. The van der Waals surface area contributed by atoms with Crippen LogP contribution < -0.4 is 11.1 Å². The molecule has 1 aromatic carbocycles. The van der Waals surface area contributed by atoms with Crippen molar-refractivity contribution in [2.75, 3.05) is 19.6 Å². The molecule has 3 rings (SSSR count). The second-order valence-corrected chi connectivity index (χ2v) is 7.29. The molecule has 5 nitrogen and oxygen atoms in total. The monoisotopic (exact) mass is 343 g/mol. The molecule has 0 radical (unpaired) electrons. The third-order valence-electron chi connectivity index (χ3n) is 5.41. The van der Waals surface area contributed by atoms with Crippen LogP contribution in [-0.4, -0.2) is 42.4 Å². The van der Waals surface area contributed by atoms with Crippen LogP contribution in [0.1, 0.15) is 48.8 Å². The Morgan fingerprint density at radius 3 is 2.76 bits per heavy atom. The summed E-state index contributed by atoms with van der Waals surface area (Å²) < 4.78 is 0. The zero-order chi connectivity index (χ0) is 17.6. The summed E-state index contributed by atoms with van der Waals surface area (Å²) in [7, 11) is 0. The fourth-order valence-corrected chi connectivity index (χ4v) is 4.07. The largest absolute Gasteiger partial charge is 0.368 e. The number of nitrogens with zero attached hydrogens (tertiary/aromatic N) is 1. The van der Waals surface area contributed by atoms with E-state index in [4.69, 9.17) is 5.73 Å². The highest BCUT2D eigenvalue weighted by atomic mass is 16.2. The number of primary amides is 1. The van der Waals surface area contributed by atoms with Crippen LogP contribution in [0.5, 0.6) is 0 Å². The Labute approximate surface area is 150 Å². The van der Waals surface area contributed by atoms with Crippen molar-refractivity contribution in [3.05, 3.63) is 34.9 Å². The first-order chi connectivity index (χ1) is 12.1. The molecule has 1 aromatic rings. The predicted molar refractivity (Wildman–Crippen MR) is 98.2 cm³/mol. The molecule has 1 aliphatic heterocycles. The predicted octanol–water partition coefficient (Wildman–Crippen LogP) is 1.56. The molecule has 1 fully saturated rings. The minimum absolute atomic E-state index is 0.0728. The van der Waals surface area contributed by atoms with Crippen LogP contribution in [0.25, 0.3) is 0 Å². The van der Waals surface area contributed by atoms with E-state index in [0.717, 1.165) is 44.3 Å². The summed E-state index contributed by atoms with van der Waals surface area (Å²) in [5.41, 5.74) is 9.40. The average molecular weight is 343 g/mol. The van der Waals surface area contributed by atoms with Crippen LogP contribution in [0.15, 0.2) is 18.2 Å². The minimum atomic E-state index is -0.228. The van der Waals surface area contributed by atoms with Gasteiger partial charge in [-0.2, -0.15) is 0 Å². The van der Waals surface area contributed by atoms with Gasteiger partial charge in [0.1, 0.15) is 0 Å². The number of benzene rings is 1. The number of rotatable bonds is 7. The number of hydrogen-bond acceptors (Lipinski definition) is 3. The topological polar surface area (TPSA) is 75.4 Å². The maximum Gasteiger partial charge on any atom is 0.234 e. The first kappa shape index (κ1) is 17.9. The zero-order valence-corrected chi connectivity index (χ0v) is 14.9. The van der Waals surface area contributed by atoms with E-state index in [9.17, 15) is 9.59 Å². The van der Waals surface area contributed by atoms with Crippen molar-refractivity contribution < 1.29 is 9.59 Å². The van der Waals surface area contributed by atoms with Crippen LogP contribution in [0.4, 0.5) is 0 Å². The molecule has 5 heteroatoms. The zero-order valence-electron chi connectivity index (χ0n) is 14.9. The van der Waals surface area contributed by atoms with E-state index < -0.39 is 0 Å². The fourth-order valence-electron chi connectivity index (χ4n) is 4.07. The molecule has 0 aromatic heterocycles. The van der Waals surface area contributed by atoms with Crippen molar-refractivity contribution in [1.29, 1.82) is 0 Å². The number of hydrogen-bond donors (Lipinski definition) is 2. The fraction of sp³-hybridized carbons (Fsp3) is 0.600. The summed E-state index contributed by atoms with van der Waals surface area (Å²) in [6.45, 7) is 2.38. The van der Waals surface area contributed by atoms with Crippen molar-refractivity contribution in [3.8, 4) is 0 Å². The van der Waals surface area contributed by atoms with Crippen molar-refractivity contribution in [3.63, 3.8) is 0 Å². The number of nitrogens with one attached hydrogen (secondary N) is 1. The summed E-state index contributed by atoms with van der Waals surface area (Å²) in [6.07, 6.45) is 8.02. The third kappa shape index (κ3) is 4.82. The van der Waals surface area contributed by atoms with Gasteiger partial charge in [-0.1, -0.05) is 18.2 Å². The smallest absolute Gasteiger partial charge is 0.234 e. The summed E-state index contributed by atoms with van der Waals surface area (Å²) in [4.78, 5) is 25.7. The number of fused-ring (bicyclic) bond motifs is 1. The number of carbonyl (C=O) groups excluding carboxylic acids is 2. The van der Waals surface area contributed by atoms with Gasteiger partial charge >= 0.3 is 0 Å². The van der Waals surface area contributed by atoms with E-state index in [1.165, 1.54) is 30.4 Å². The van der Waals surface area contributed by atoms with Gasteiger partial charge in [0.15, 0.2) is 0 Å². The molecule has 136 valence electrons. The van der Waals surface area contributed by atoms with Gasteiger partial charge in [0.05, 0.1) is 12.5 Å². The van der Waals surface area contributed by atoms with Gasteiger partial charge in [0.25, 0.3) is 0 Å². The van der Waals surface area contributed by atoms with Crippen LogP contribution in [0, 0.1) is 0 Å². The lowest BCUT2D eigenvalue weighted by molar-refractivity contribution is -0.122. The minimum Gasteiger partial charge on any atom is -0.368 e. The van der Waals surface area contributed by atoms with E-state index in [1.54, 1.807) is 0 Å². The van der Waals surface area contributed by atoms with Gasteiger partial charge in [-0.25, -0.2) is 0 Å². The highest BCUT2D eigenvalue weighted by Gasteiger charge is 2.28. The Morgan fingerprint density at radius 1 is 1.16 bits per heavy atom. The number of amides is 2. The Balaban J connectivity index is 1.39. The molecule has 0 spiro atoms. The molecular formula is C20H29N3O2. The molecule has 25 heavy (non-hydrogen) atoms. The van der Waals surface area contributed by atoms with Gasteiger partial charge in [-0.15, -0.1) is 0 Å². The maximum absolute atomic E-state index is 12.2. The number of nitrogens with two attached hydrogens (primary N) is 1. The molecule has 1 saturated heterocycles. The SMILES string of the molecule is NC(=O)[C@@H]1CCCN1CCCNC(=O)Cc1ccc2c(c1)CCCC2. The molecule has 0 saturated carbocycles. The molecule has 1 atom stereocenters. The summed E-state index contributed by atoms with van der Waals surface area (Å²) in [6, 6.07) is 6.36. The average Bonchev–Trinajstić information content (AvgIpc) is 3.07. The molecule has 0 bridgehead atoms. The quantitative estimate of drug-likeness (QED) is 0.738. The van der Waals surface area contributed by atoms with Gasteiger partial charge in [0, 0.05) is 13.1 Å². The van der Waals surface area contributed by atoms with E-state index in [1.807, 2.05) is 0 Å². The second-order valence-electron chi connectivity index (χ2n) is 7.29.